The van der Waals surface area contributed by atoms with Crippen molar-refractivity contribution in [1.82, 2.24) is 15.5 Å². The minimum Gasteiger partial charge on any atom is -0.479 e. The first-order chi connectivity index (χ1) is 7.93. The second-order valence-electron chi connectivity index (χ2n) is 3.98. The number of nitrogens with one attached hydrogen (secondary N) is 2. The first-order valence-electron chi connectivity index (χ1n) is 5.50. The zero-order chi connectivity index (χ0) is 13.3. The highest BCUT2D eigenvalue weighted by Crippen LogP contribution is 1.89. The van der Waals surface area contributed by atoms with Gasteiger partial charge in [-0.3, -0.25) is 0 Å². The summed E-state index contributed by atoms with van der Waals surface area (Å²) in [5.41, 5.74) is 0. The van der Waals surface area contributed by atoms with Gasteiger partial charge in [-0.2, -0.15) is 0 Å². The van der Waals surface area contributed by atoms with Gasteiger partial charge in [-0.15, -0.1) is 0 Å². The van der Waals surface area contributed by atoms with Gasteiger partial charge in [0.15, 0.2) is 6.10 Å². The fraction of sp³-hybridized carbons (Fsp3) is 0.800. The monoisotopic (exact) mass is 247 g/mol. The first kappa shape index (κ1) is 15.7. The van der Waals surface area contributed by atoms with E-state index in [1.54, 1.807) is 0 Å². The lowest BCUT2D eigenvalue weighted by atomic mass is 10.2. The van der Waals surface area contributed by atoms with Crippen molar-refractivity contribution in [2.75, 3.05) is 33.7 Å². The Labute approximate surface area is 101 Å². The van der Waals surface area contributed by atoms with E-state index in [2.05, 4.69) is 10.6 Å². The van der Waals surface area contributed by atoms with Gasteiger partial charge in [0.2, 0.25) is 0 Å². The third-order valence-corrected chi connectivity index (χ3v) is 2.06. The van der Waals surface area contributed by atoms with Crippen molar-refractivity contribution < 1.29 is 19.8 Å². The molecule has 2 amide bonds. The number of rotatable bonds is 8. The molecule has 100 valence electrons. The van der Waals surface area contributed by atoms with Crippen molar-refractivity contribution in [2.24, 2.45) is 0 Å². The zero-order valence-corrected chi connectivity index (χ0v) is 10.3. The molecule has 0 unspecified atom stereocenters. The number of hydrogen-bond donors (Lipinski definition) is 4. The number of carbonyl (C=O) groups is 2. The highest BCUT2D eigenvalue weighted by atomic mass is 16.4. The Kier molecular flexibility index (Phi) is 8.08. The van der Waals surface area contributed by atoms with Crippen LogP contribution in [0.5, 0.6) is 0 Å². The molecule has 0 aromatic rings. The van der Waals surface area contributed by atoms with Crippen LogP contribution in [-0.2, 0) is 4.79 Å². The number of carbonyl (C=O) groups excluding carboxylic acids is 1. The van der Waals surface area contributed by atoms with E-state index in [1.165, 1.54) is 0 Å². The molecule has 0 saturated heterocycles. The number of aliphatic hydroxyl groups excluding tert-OH is 1. The van der Waals surface area contributed by atoms with Crippen molar-refractivity contribution in [3.05, 3.63) is 0 Å². The smallest absolute Gasteiger partial charge is 0.332 e. The van der Waals surface area contributed by atoms with Crippen LogP contribution in [0, 0.1) is 0 Å². The van der Waals surface area contributed by atoms with Crippen molar-refractivity contribution in [1.29, 1.82) is 0 Å². The number of urea groups is 1. The summed E-state index contributed by atoms with van der Waals surface area (Å²) in [6.45, 7) is 1.58. The molecule has 0 aromatic carbocycles. The van der Waals surface area contributed by atoms with Crippen LogP contribution in [-0.4, -0.2) is 66.9 Å². The lowest BCUT2D eigenvalue weighted by Gasteiger charge is -2.11. The minimum absolute atomic E-state index is 0.000448. The fourth-order valence-electron chi connectivity index (χ4n) is 1.11. The Morgan fingerprint density at radius 1 is 1.24 bits per heavy atom. The van der Waals surface area contributed by atoms with Gasteiger partial charge in [-0.1, -0.05) is 0 Å². The average molecular weight is 247 g/mol. The van der Waals surface area contributed by atoms with E-state index < -0.39 is 12.1 Å². The topological polar surface area (TPSA) is 102 Å². The molecule has 0 fully saturated rings. The molecule has 17 heavy (non-hydrogen) atoms. The van der Waals surface area contributed by atoms with E-state index in [-0.39, 0.29) is 19.0 Å². The molecule has 1 atom stereocenters. The Hall–Kier alpha value is -1.34. The lowest BCUT2D eigenvalue weighted by Crippen LogP contribution is -2.38. The molecule has 4 N–H and O–H groups in total. The molecule has 0 radical (unpaired) electrons. The van der Waals surface area contributed by atoms with E-state index in [1.807, 2.05) is 19.0 Å². The second kappa shape index (κ2) is 8.77. The van der Waals surface area contributed by atoms with Crippen molar-refractivity contribution >= 4 is 12.0 Å². The molecule has 0 aliphatic carbocycles. The molecule has 0 saturated carbocycles. The van der Waals surface area contributed by atoms with Gasteiger partial charge in [0, 0.05) is 19.5 Å². The van der Waals surface area contributed by atoms with Crippen LogP contribution in [0.1, 0.15) is 12.8 Å². The molecule has 0 bridgehead atoms. The highest BCUT2D eigenvalue weighted by Gasteiger charge is 2.12. The van der Waals surface area contributed by atoms with Crippen LogP contribution < -0.4 is 10.6 Å². The van der Waals surface area contributed by atoms with E-state index in [4.69, 9.17) is 10.2 Å². The predicted octanol–water partition coefficient (Wildman–Crippen LogP) is -0.927. The van der Waals surface area contributed by atoms with E-state index in [0.717, 1.165) is 13.0 Å². The molecule has 0 spiro atoms. The first-order valence-corrected chi connectivity index (χ1v) is 5.50. The van der Waals surface area contributed by atoms with Gasteiger partial charge in [0.05, 0.1) is 0 Å². The molecule has 7 heteroatoms. The normalized spacial score (nSPS) is 12.2. The molecular weight excluding hydrogens is 226 g/mol. The molecular formula is C10H21N3O4. The Bertz CT molecular complexity index is 246. The Morgan fingerprint density at radius 2 is 1.82 bits per heavy atom. The number of aliphatic carboxylic acids is 1. The number of carboxylic acid groups (broad SMARTS) is 1. The van der Waals surface area contributed by atoms with Gasteiger partial charge in [0.1, 0.15) is 0 Å². The largest absolute Gasteiger partial charge is 0.479 e. The Balaban J connectivity index is 3.44. The van der Waals surface area contributed by atoms with E-state index >= 15 is 0 Å². The number of hydrogen-bond acceptors (Lipinski definition) is 4. The van der Waals surface area contributed by atoms with Gasteiger partial charge in [-0.05, 0) is 27.1 Å². The standard InChI is InChI=1S/C10H21N3O4/c1-13(2)7-3-5-11-10(17)12-6-4-8(14)9(15)16/h8,14H,3-7H2,1-2H3,(H,15,16)(H2,11,12,17)/t8-/m0/s1. The van der Waals surface area contributed by atoms with Gasteiger partial charge in [0.25, 0.3) is 0 Å². The minimum atomic E-state index is -1.43. The highest BCUT2D eigenvalue weighted by molar-refractivity contribution is 5.74. The zero-order valence-electron chi connectivity index (χ0n) is 10.3. The maximum Gasteiger partial charge on any atom is 0.332 e. The number of amides is 2. The predicted molar refractivity (Wildman–Crippen MR) is 62.8 cm³/mol. The van der Waals surface area contributed by atoms with Crippen LogP contribution >= 0.6 is 0 Å². The third-order valence-electron chi connectivity index (χ3n) is 2.06. The third kappa shape index (κ3) is 9.58. The van der Waals surface area contributed by atoms with Crippen molar-refractivity contribution in [3.8, 4) is 0 Å². The van der Waals surface area contributed by atoms with Gasteiger partial charge < -0.3 is 25.7 Å². The molecule has 0 heterocycles. The van der Waals surface area contributed by atoms with E-state index in [0.29, 0.717) is 6.54 Å². The molecule has 7 nitrogen and oxygen atoms in total. The second-order valence-corrected chi connectivity index (χ2v) is 3.98. The van der Waals surface area contributed by atoms with Crippen LogP contribution in [0.3, 0.4) is 0 Å². The lowest BCUT2D eigenvalue weighted by molar-refractivity contribution is -0.146. The van der Waals surface area contributed by atoms with Gasteiger partial charge >= 0.3 is 12.0 Å². The maximum absolute atomic E-state index is 11.2. The molecule has 0 aliphatic rings. The summed E-state index contributed by atoms with van der Waals surface area (Å²) in [5, 5.41) is 22.4. The summed E-state index contributed by atoms with van der Waals surface area (Å²) in [6.07, 6.45) is -0.581. The fourth-order valence-corrected chi connectivity index (χ4v) is 1.11. The Morgan fingerprint density at radius 3 is 2.35 bits per heavy atom. The number of aliphatic hydroxyl groups is 1. The number of nitrogens with zero attached hydrogens (tertiary/aromatic N) is 1. The summed E-state index contributed by atoms with van der Waals surface area (Å²) in [7, 11) is 3.90. The van der Waals surface area contributed by atoms with Crippen LogP contribution in [0.15, 0.2) is 0 Å². The van der Waals surface area contributed by atoms with Crippen LogP contribution in [0.4, 0.5) is 4.79 Å². The average Bonchev–Trinajstić information content (AvgIpc) is 2.23. The van der Waals surface area contributed by atoms with Crippen LogP contribution in [0.25, 0.3) is 0 Å². The summed E-state index contributed by atoms with van der Waals surface area (Å²) < 4.78 is 0. The van der Waals surface area contributed by atoms with Crippen LogP contribution in [0.2, 0.25) is 0 Å². The molecule has 0 rings (SSSR count). The SMILES string of the molecule is CN(C)CCCNC(=O)NCC[C@H](O)C(=O)O. The van der Waals surface area contributed by atoms with Crippen molar-refractivity contribution in [2.45, 2.75) is 18.9 Å². The summed E-state index contributed by atoms with van der Waals surface area (Å²) in [4.78, 5) is 23.5. The summed E-state index contributed by atoms with van der Waals surface area (Å²) in [5.74, 6) is -1.28. The van der Waals surface area contributed by atoms with E-state index in [9.17, 15) is 9.59 Å². The molecule has 0 aromatic heterocycles. The summed E-state index contributed by atoms with van der Waals surface area (Å²) in [6, 6.07) is -0.346. The van der Waals surface area contributed by atoms with Crippen molar-refractivity contribution in [3.63, 3.8) is 0 Å². The number of carboxylic acids is 1. The van der Waals surface area contributed by atoms with Gasteiger partial charge in [-0.25, -0.2) is 9.59 Å². The quantitative estimate of drug-likeness (QED) is 0.415. The maximum atomic E-state index is 11.2. The molecule has 0 aliphatic heterocycles. The summed E-state index contributed by atoms with van der Waals surface area (Å²) >= 11 is 0.